The highest BCUT2D eigenvalue weighted by molar-refractivity contribution is 6.30. The van der Waals surface area contributed by atoms with Gasteiger partial charge in [-0.25, -0.2) is 4.98 Å². The molecule has 0 spiro atoms. The van der Waals surface area contributed by atoms with Crippen LogP contribution in [-0.4, -0.2) is 48.3 Å². The Bertz CT molecular complexity index is 745. The maximum Gasteiger partial charge on any atom is 0.191 e. The number of aromatic nitrogens is 1. The van der Waals surface area contributed by atoms with Crippen LogP contribution in [0.15, 0.2) is 53.7 Å². The predicted octanol–water partition coefficient (Wildman–Crippen LogP) is 2.99. The summed E-state index contributed by atoms with van der Waals surface area (Å²) >= 11 is 5.91. The van der Waals surface area contributed by atoms with Crippen molar-refractivity contribution >= 4 is 23.4 Å². The second kappa shape index (κ2) is 10.3. The summed E-state index contributed by atoms with van der Waals surface area (Å²) in [6, 6.07) is 13.6. The smallest absolute Gasteiger partial charge is 0.191 e. The van der Waals surface area contributed by atoms with E-state index < -0.39 is 6.10 Å². The lowest BCUT2D eigenvalue weighted by Crippen LogP contribution is -2.49. The standard InChI is InChI=1S/C21H28ClN5O/c1-2-23-21(25-15-19(28)16-6-8-17(22)9-7-16)26-18-10-13-27(14-11-18)20-5-3-4-12-24-20/h3-9,12,18-19,28H,2,10-11,13-15H2,1H3,(H2,23,25,26). The van der Waals surface area contributed by atoms with Gasteiger partial charge >= 0.3 is 0 Å². The molecular weight excluding hydrogens is 374 g/mol. The quantitative estimate of drug-likeness (QED) is 0.512. The molecule has 2 aromatic rings. The zero-order valence-electron chi connectivity index (χ0n) is 16.2. The lowest BCUT2D eigenvalue weighted by Gasteiger charge is -2.33. The monoisotopic (exact) mass is 401 g/mol. The van der Waals surface area contributed by atoms with Gasteiger partial charge in [0.2, 0.25) is 0 Å². The number of hydrogen-bond donors (Lipinski definition) is 3. The van der Waals surface area contributed by atoms with E-state index >= 15 is 0 Å². The van der Waals surface area contributed by atoms with Gasteiger partial charge in [-0.2, -0.15) is 0 Å². The molecule has 1 atom stereocenters. The van der Waals surface area contributed by atoms with Crippen molar-refractivity contribution in [1.29, 1.82) is 0 Å². The van der Waals surface area contributed by atoms with Crippen LogP contribution in [0, 0.1) is 0 Å². The van der Waals surface area contributed by atoms with Crippen molar-refractivity contribution in [3.05, 3.63) is 59.2 Å². The number of rotatable bonds is 6. The Kier molecular flexibility index (Phi) is 7.51. The minimum Gasteiger partial charge on any atom is -0.386 e. The Morgan fingerprint density at radius 1 is 1.25 bits per heavy atom. The molecule has 0 radical (unpaired) electrons. The van der Waals surface area contributed by atoms with Crippen LogP contribution in [-0.2, 0) is 0 Å². The van der Waals surface area contributed by atoms with Gasteiger partial charge in [0.25, 0.3) is 0 Å². The second-order valence-electron chi connectivity index (χ2n) is 6.88. The third kappa shape index (κ3) is 5.84. The maximum absolute atomic E-state index is 10.4. The highest BCUT2D eigenvalue weighted by Crippen LogP contribution is 2.18. The third-order valence-electron chi connectivity index (χ3n) is 4.83. The molecule has 1 aromatic carbocycles. The maximum atomic E-state index is 10.4. The summed E-state index contributed by atoms with van der Waals surface area (Å²) in [6.07, 6.45) is 3.21. The summed E-state index contributed by atoms with van der Waals surface area (Å²) in [6.45, 7) is 5.03. The molecular formula is C21H28ClN5O. The van der Waals surface area contributed by atoms with E-state index in [1.807, 2.05) is 37.4 Å². The predicted molar refractivity (Wildman–Crippen MR) is 115 cm³/mol. The Morgan fingerprint density at radius 3 is 2.64 bits per heavy atom. The molecule has 0 bridgehead atoms. The molecule has 1 aliphatic heterocycles. The second-order valence-corrected chi connectivity index (χ2v) is 7.32. The van der Waals surface area contributed by atoms with Gasteiger partial charge in [0.1, 0.15) is 5.82 Å². The SMILES string of the molecule is CCNC(=NCC(O)c1ccc(Cl)cc1)NC1CCN(c2ccccn2)CC1. The van der Waals surface area contributed by atoms with E-state index in [1.165, 1.54) is 0 Å². The van der Waals surface area contributed by atoms with Gasteiger partial charge in [-0.1, -0.05) is 29.8 Å². The molecule has 6 nitrogen and oxygen atoms in total. The summed E-state index contributed by atoms with van der Waals surface area (Å²) in [5.41, 5.74) is 0.813. The summed E-state index contributed by atoms with van der Waals surface area (Å²) in [7, 11) is 0. The summed E-state index contributed by atoms with van der Waals surface area (Å²) in [5.74, 6) is 1.78. The molecule has 3 N–H and O–H groups in total. The van der Waals surface area contributed by atoms with Crippen LogP contribution in [0.4, 0.5) is 5.82 Å². The van der Waals surface area contributed by atoms with Gasteiger partial charge in [-0.15, -0.1) is 0 Å². The fourth-order valence-electron chi connectivity index (χ4n) is 3.28. The topological polar surface area (TPSA) is 72.8 Å². The van der Waals surface area contributed by atoms with Gasteiger partial charge in [0.05, 0.1) is 12.6 Å². The molecule has 1 saturated heterocycles. The van der Waals surface area contributed by atoms with Gasteiger partial charge in [0, 0.05) is 36.9 Å². The number of aliphatic hydroxyl groups is 1. The van der Waals surface area contributed by atoms with E-state index in [0.717, 1.165) is 49.8 Å². The van der Waals surface area contributed by atoms with Crippen LogP contribution < -0.4 is 15.5 Å². The molecule has 3 rings (SSSR count). The zero-order chi connectivity index (χ0) is 19.8. The van der Waals surface area contributed by atoms with Crippen LogP contribution >= 0.6 is 11.6 Å². The number of piperidine rings is 1. The molecule has 1 aromatic heterocycles. The number of guanidine groups is 1. The number of aliphatic hydroxyl groups excluding tert-OH is 1. The van der Waals surface area contributed by atoms with E-state index in [9.17, 15) is 5.11 Å². The fourth-order valence-corrected chi connectivity index (χ4v) is 3.40. The Balaban J connectivity index is 1.53. The van der Waals surface area contributed by atoms with E-state index in [2.05, 4.69) is 31.6 Å². The van der Waals surface area contributed by atoms with Crippen LogP contribution in [0.5, 0.6) is 0 Å². The molecule has 2 heterocycles. The molecule has 1 fully saturated rings. The van der Waals surface area contributed by atoms with E-state index in [1.54, 1.807) is 12.1 Å². The van der Waals surface area contributed by atoms with E-state index in [4.69, 9.17) is 11.6 Å². The molecule has 1 unspecified atom stereocenters. The molecule has 0 saturated carbocycles. The minimum absolute atomic E-state index is 0.295. The van der Waals surface area contributed by atoms with Crippen molar-refractivity contribution in [2.75, 3.05) is 31.1 Å². The van der Waals surface area contributed by atoms with Gasteiger partial charge in [-0.3, -0.25) is 4.99 Å². The minimum atomic E-state index is -0.654. The number of nitrogens with one attached hydrogen (secondary N) is 2. The van der Waals surface area contributed by atoms with E-state index in [0.29, 0.717) is 17.6 Å². The van der Waals surface area contributed by atoms with Crippen LogP contribution in [0.25, 0.3) is 0 Å². The summed E-state index contributed by atoms with van der Waals surface area (Å²) < 4.78 is 0. The summed E-state index contributed by atoms with van der Waals surface area (Å²) in [5, 5.41) is 17.8. The first-order chi connectivity index (χ1) is 13.7. The lowest BCUT2D eigenvalue weighted by molar-refractivity contribution is 0.187. The van der Waals surface area contributed by atoms with Crippen molar-refractivity contribution in [3.63, 3.8) is 0 Å². The molecule has 28 heavy (non-hydrogen) atoms. The average molecular weight is 402 g/mol. The Morgan fingerprint density at radius 2 is 2.00 bits per heavy atom. The van der Waals surface area contributed by atoms with Crippen molar-refractivity contribution in [3.8, 4) is 0 Å². The van der Waals surface area contributed by atoms with Gasteiger partial charge in [-0.05, 0) is 49.6 Å². The van der Waals surface area contributed by atoms with Crippen LogP contribution in [0.1, 0.15) is 31.4 Å². The largest absolute Gasteiger partial charge is 0.386 e. The average Bonchev–Trinajstić information content (AvgIpc) is 2.73. The Hall–Kier alpha value is -2.31. The van der Waals surface area contributed by atoms with Crippen LogP contribution in [0.3, 0.4) is 0 Å². The molecule has 0 amide bonds. The highest BCUT2D eigenvalue weighted by Gasteiger charge is 2.21. The van der Waals surface area contributed by atoms with Gasteiger partial charge < -0.3 is 20.6 Å². The third-order valence-corrected chi connectivity index (χ3v) is 5.08. The van der Waals surface area contributed by atoms with Crippen LogP contribution in [0.2, 0.25) is 5.02 Å². The highest BCUT2D eigenvalue weighted by atomic mass is 35.5. The molecule has 1 aliphatic rings. The molecule has 7 heteroatoms. The number of pyridine rings is 1. The number of anilines is 1. The van der Waals surface area contributed by atoms with Gasteiger partial charge in [0.15, 0.2) is 5.96 Å². The number of benzene rings is 1. The van der Waals surface area contributed by atoms with Crippen molar-refractivity contribution in [2.24, 2.45) is 4.99 Å². The number of aliphatic imine (C=N–C) groups is 1. The first-order valence-corrected chi connectivity index (χ1v) is 10.2. The number of nitrogens with zero attached hydrogens (tertiary/aromatic N) is 3. The molecule has 150 valence electrons. The van der Waals surface area contributed by atoms with Crippen molar-refractivity contribution in [1.82, 2.24) is 15.6 Å². The Labute approximate surface area is 171 Å². The number of halogens is 1. The number of hydrogen-bond acceptors (Lipinski definition) is 4. The summed E-state index contributed by atoms with van der Waals surface area (Å²) in [4.78, 5) is 11.3. The lowest BCUT2D eigenvalue weighted by atomic mass is 10.1. The fraction of sp³-hybridized carbons (Fsp3) is 0.429. The first kappa shape index (κ1) is 20.4. The normalized spacial score (nSPS) is 16.7. The van der Waals surface area contributed by atoms with E-state index in [-0.39, 0.29) is 0 Å². The molecule has 0 aliphatic carbocycles. The van der Waals surface area contributed by atoms with Crippen molar-refractivity contribution < 1.29 is 5.11 Å². The first-order valence-electron chi connectivity index (χ1n) is 9.80. The van der Waals surface area contributed by atoms with Crippen molar-refractivity contribution in [2.45, 2.75) is 31.9 Å². The zero-order valence-corrected chi connectivity index (χ0v) is 16.9.